The number of hydrogen-bond acceptors (Lipinski definition) is 5. The molecule has 130 valence electrons. The first-order valence-corrected chi connectivity index (χ1v) is 9.12. The van der Waals surface area contributed by atoms with E-state index < -0.39 is 0 Å². The molecule has 9 heteroatoms. The molecule has 0 unspecified atom stereocenters. The summed E-state index contributed by atoms with van der Waals surface area (Å²) in [7, 11) is 1.87. The maximum absolute atomic E-state index is 13.1. The summed E-state index contributed by atoms with van der Waals surface area (Å²) in [5.41, 5.74) is 0.545. The van der Waals surface area contributed by atoms with Gasteiger partial charge in [0.05, 0.1) is 10.2 Å². The molecule has 0 bridgehead atoms. The van der Waals surface area contributed by atoms with Crippen molar-refractivity contribution < 1.29 is 0 Å². The second kappa shape index (κ2) is 6.21. The van der Waals surface area contributed by atoms with Gasteiger partial charge in [0, 0.05) is 32.4 Å². The van der Waals surface area contributed by atoms with Crippen molar-refractivity contribution in [3.05, 3.63) is 28.3 Å². The van der Waals surface area contributed by atoms with E-state index >= 15 is 0 Å². The second-order valence-corrected chi connectivity index (χ2v) is 7.07. The van der Waals surface area contributed by atoms with E-state index in [0.717, 1.165) is 30.4 Å². The number of unbranched alkanes of at least 4 members (excludes halogenated alkanes) is 2. The SMILES string of the molecule is CCCCCn1c2c(c(=O)n3c(-c4nccn4C)nnc13)CC(Br)=N2. The average Bonchev–Trinajstić information content (AvgIpc) is 3.28. The van der Waals surface area contributed by atoms with E-state index in [4.69, 9.17) is 0 Å². The lowest BCUT2D eigenvalue weighted by molar-refractivity contribution is 0.603. The number of halogens is 1. The van der Waals surface area contributed by atoms with Gasteiger partial charge in [-0.05, 0) is 22.4 Å². The van der Waals surface area contributed by atoms with E-state index in [-0.39, 0.29) is 5.56 Å². The van der Waals surface area contributed by atoms with E-state index in [9.17, 15) is 4.79 Å². The van der Waals surface area contributed by atoms with Crippen molar-refractivity contribution in [2.24, 2.45) is 12.0 Å². The number of rotatable bonds is 5. The molecule has 0 saturated carbocycles. The molecular weight excluding hydrogens is 386 g/mol. The fourth-order valence-electron chi connectivity index (χ4n) is 3.16. The van der Waals surface area contributed by atoms with Crippen molar-refractivity contribution in [1.82, 2.24) is 28.7 Å². The molecule has 0 aliphatic carbocycles. The van der Waals surface area contributed by atoms with Crippen LogP contribution in [0.1, 0.15) is 31.7 Å². The molecule has 1 aliphatic rings. The molecule has 0 fully saturated rings. The van der Waals surface area contributed by atoms with Crippen LogP contribution in [0.15, 0.2) is 22.2 Å². The molecule has 0 radical (unpaired) electrons. The minimum Gasteiger partial charge on any atom is -0.331 e. The van der Waals surface area contributed by atoms with Crippen LogP contribution in [0.3, 0.4) is 0 Å². The Morgan fingerprint density at radius 2 is 2.08 bits per heavy atom. The summed E-state index contributed by atoms with van der Waals surface area (Å²) in [5.74, 6) is 2.29. The Bertz CT molecular complexity index is 1040. The molecule has 0 atom stereocenters. The molecule has 25 heavy (non-hydrogen) atoms. The Balaban J connectivity index is 1.98. The van der Waals surface area contributed by atoms with Gasteiger partial charge >= 0.3 is 0 Å². The lowest BCUT2D eigenvalue weighted by Gasteiger charge is -2.12. The quantitative estimate of drug-likeness (QED) is 0.612. The number of imidazole rings is 1. The largest absolute Gasteiger partial charge is 0.331 e. The zero-order valence-electron chi connectivity index (χ0n) is 14.1. The Kier molecular flexibility index (Phi) is 4.03. The van der Waals surface area contributed by atoms with E-state index in [0.29, 0.717) is 35.2 Å². The van der Waals surface area contributed by atoms with Crippen LogP contribution in [0.2, 0.25) is 0 Å². The molecule has 0 N–H and O–H groups in total. The molecule has 1 aliphatic heterocycles. The second-order valence-electron chi connectivity index (χ2n) is 6.15. The standard InChI is InChI=1S/C16H18BrN7O/c1-3-4-5-7-23-12-10(9-11(17)19-12)15(25)24-14(20-21-16(23)24)13-18-6-8-22(13)2/h6,8H,3-5,7,9H2,1-2H3. The normalized spacial score (nSPS) is 13.5. The maximum atomic E-state index is 13.1. The molecule has 0 amide bonds. The molecule has 0 saturated heterocycles. The fraction of sp³-hybridized carbons (Fsp3) is 0.438. The first-order valence-electron chi connectivity index (χ1n) is 8.33. The molecule has 0 aromatic carbocycles. The first kappa shape index (κ1) is 16.2. The topological polar surface area (TPSA) is 82.4 Å². The molecule has 3 aromatic heterocycles. The van der Waals surface area contributed by atoms with Gasteiger partial charge in [-0.25, -0.2) is 14.4 Å². The Hall–Kier alpha value is -2.29. The van der Waals surface area contributed by atoms with Gasteiger partial charge in [0.15, 0.2) is 5.82 Å². The first-order chi connectivity index (χ1) is 12.1. The van der Waals surface area contributed by atoms with Gasteiger partial charge in [-0.3, -0.25) is 9.36 Å². The summed E-state index contributed by atoms with van der Waals surface area (Å²) in [6.07, 6.45) is 7.23. The summed E-state index contributed by atoms with van der Waals surface area (Å²) >= 11 is 3.43. The number of nitrogens with zero attached hydrogens (tertiary/aromatic N) is 7. The number of aliphatic imine (C=N–C) groups is 1. The van der Waals surface area contributed by atoms with Crippen LogP contribution in [-0.4, -0.2) is 33.3 Å². The highest BCUT2D eigenvalue weighted by Crippen LogP contribution is 2.29. The number of aryl methyl sites for hydroxylation is 2. The maximum Gasteiger partial charge on any atom is 0.266 e. The van der Waals surface area contributed by atoms with Crippen molar-refractivity contribution in [1.29, 1.82) is 0 Å². The third-order valence-corrected chi connectivity index (χ3v) is 4.89. The summed E-state index contributed by atoms with van der Waals surface area (Å²) in [6, 6.07) is 0. The van der Waals surface area contributed by atoms with E-state index in [1.165, 1.54) is 0 Å². The smallest absolute Gasteiger partial charge is 0.266 e. The monoisotopic (exact) mass is 403 g/mol. The Morgan fingerprint density at radius 3 is 2.80 bits per heavy atom. The van der Waals surface area contributed by atoms with Crippen LogP contribution < -0.4 is 5.56 Å². The van der Waals surface area contributed by atoms with Crippen LogP contribution in [0.4, 0.5) is 5.82 Å². The van der Waals surface area contributed by atoms with Crippen LogP contribution in [0.25, 0.3) is 17.4 Å². The minimum atomic E-state index is -0.127. The van der Waals surface area contributed by atoms with Crippen molar-refractivity contribution in [2.75, 3.05) is 0 Å². The van der Waals surface area contributed by atoms with E-state index in [1.807, 2.05) is 22.4 Å². The Labute approximate surface area is 152 Å². The highest BCUT2D eigenvalue weighted by Gasteiger charge is 2.26. The number of fused-ring (bicyclic) bond motifs is 2. The van der Waals surface area contributed by atoms with Gasteiger partial charge in [0.25, 0.3) is 5.56 Å². The van der Waals surface area contributed by atoms with Crippen LogP contribution >= 0.6 is 15.9 Å². The Morgan fingerprint density at radius 1 is 1.24 bits per heavy atom. The highest BCUT2D eigenvalue weighted by molar-refractivity contribution is 9.18. The van der Waals surface area contributed by atoms with Gasteiger partial charge in [0.1, 0.15) is 5.82 Å². The summed E-state index contributed by atoms with van der Waals surface area (Å²) < 4.78 is 6.16. The van der Waals surface area contributed by atoms with Crippen molar-refractivity contribution in [3.8, 4) is 11.6 Å². The van der Waals surface area contributed by atoms with Gasteiger partial charge < -0.3 is 4.57 Å². The predicted octanol–water partition coefficient (Wildman–Crippen LogP) is 2.46. The molecule has 4 heterocycles. The lowest BCUT2D eigenvalue weighted by atomic mass is 10.2. The van der Waals surface area contributed by atoms with Crippen LogP contribution in [0.5, 0.6) is 0 Å². The van der Waals surface area contributed by atoms with Gasteiger partial charge in [-0.15, -0.1) is 10.2 Å². The third kappa shape index (κ3) is 2.53. The van der Waals surface area contributed by atoms with Crippen LogP contribution in [-0.2, 0) is 20.0 Å². The van der Waals surface area contributed by atoms with Crippen LogP contribution in [0, 0.1) is 0 Å². The molecule has 3 aromatic rings. The highest BCUT2D eigenvalue weighted by atomic mass is 79.9. The average molecular weight is 404 g/mol. The molecule has 4 rings (SSSR count). The van der Waals surface area contributed by atoms with Gasteiger partial charge in [0.2, 0.25) is 11.6 Å². The molecule has 0 spiro atoms. The summed E-state index contributed by atoms with van der Waals surface area (Å²) in [6.45, 7) is 2.92. The zero-order chi connectivity index (χ0) is 17.6. The van der Waals surface area contributed by atoms with Crippen molar-refractivity contribution in [2.45, 2.75) is 39.2 Å². The lowest BCUT2D eigenvalue weighted by Crippen LogP contribution is -2.23. The van der Waals surface area contributed by atoms with Crippen molar-refractivity contribution in [3.63, 3.8) is 0 Å². The molecule has 8 nitrogen and oxygen atoms in total. The van der Waals surface area contributed by atoms with Gasteiger partial charge in [-0.1, -0.05) is 19.8 Å². The van der Waals surface area contributed by atoms with Gasteiger partial charge in [-0.2, -0.15) is 0 Å². The minimum absolute atomic E-state index is 0.127. The fourth-order valence-corrected chi connectivity index (χ4v) is 3.61. The number of hydrogen-bond donors (Lipinski definition) is 0. The summed E-state index contributed by atoms with van der Waals surface area (Å²) in [5, 5.41) is 8.55. The third-order valence-electron chi connectivity index (χ3n) is 4.43. The van der Waals surface area contributed by atoms with Crippen molar-refractivity contribution >= 4 is 32.1 Å². The molecular formula is C16H18BrN7O. The zero-order valence-corrected chi connectivity index (χ0v) is 15.7. The van der Waals surface area contributed by atoms with E-state index in [1.54, 1.807) is 10.6 Å². The number of aromatic nitrogens is 6. The van der Waals surface area contributed by atoms with E-state index in [2.05, 4.69) is 43.0 Å². The summed E-state index contributed by atoms with van der Waals surface area (Å²) in [4.78, 5) is 21.9. The predicted molar refractivity (Wildman–Crippen MR) is 98.7 cm³/mol.